The van der Waals surface area contributed by atoms with Gasteiger partial charge in [-0.2, -0.15) is 0 Å². The van der Waals surface area contributed by atoms with Crippen LogP contribution in [0.2, 0.25) is 0 Å². The maximum absolute atomic E-state index is 11.7. The smallest absolute Gasteiger partial charge is 0.266 e. The largest absolute Gasteiger partial charge is 0.378 e. The van der Waals surface area contributed by atoms with Crippen molar-refractivity contribution in [2.24, 2.45) is 0 Å². The summed E-state index contributed by atoms with van der Waals surface area (Å²) in [6.45, 7) is 6.03. The summed E-state index contributed by atoms with van der Waals surface area (Å²) in [5.74, 6) is 0.613. The summed E-state index contributed by atoms with van der Waals surface area (Å²) >= 11 is 1.99. The minimum absolute atomic E-state index is 0.107. The standard InChI is InChI=1S/C10H16IN3O2/c1-4-14(5-2)10-12-7(6-16-3)8(11)9(15)13-10/h4-6H2,1-3H3,(H,12,13,15). The lowest BCUT2D eigenvalue weighted by Crippen LogP contribution is -2.28. The summed E-state index contributed by atoms with van der Waals surface area (Å²) in [7, 11) is 1.59. The summed E-state index contributed by atoms with van der Waals surface area (Å²) in [6.07, 6.45) is 0. The first kappa shape index (κ1) is 13.4. The first-order chi connectivity index (χ1) is 7.63. The molecule has 0 amide bonds. The first-order valence-electron chi connectivity index (χ1n) is 5.16. The van der Waals surface area contributed by atoms with Crippen molar-refractivity contribution in [3.05, 3.63) is 19.6 Å². The Morgan fingerprint density at radius 3 is 2.56 bits per heavy atom. The molecule has 0 atom stereocenters. The normalized spacial score (nSPS) is 10.5. The third kappa shape index (κ3) is 2.94. The number of H-pyrrole nitrogens is 1. The number of halogens is 1. The van der Waals surface area contributed by atoms with E-state index in [0.29, 0.717) is 21.8 Å². The lowest BCUT2D eigenvalue weighted by Gasteiger charge is -2.19. The van der Waals surface area contributed by atoms with E-state index in [9.17, 15) is 4.79 Å². The number of rotatable bonds is 5. The van der Waals surface area contributed by atoms with E-state index in [1.54, 1.807) is 7.11 Å². The van der Waals surface area contributed by atoms with Crippen LogP contribution in [0, 0.1) is 3.57 Å². The average Bonchev–Trinajstić information content (AvgIpc) is 2.27. The monoisotopic (exact) mass is 337 g/mol. The summed E-state index contributed by atoms with van der Waals surface area (Å²) in [6, 6.07) is 0. The van der Waals surface area contributed by atoms with Crippen molar-refractivity contribution in [2.45, 2.75) is 20.5 Å². The zero-order valence-electron chi connectivity index (χ0n) is 9.71. The maximum atomic E-state index is 11.7. The quantitative estimate of drug-likeness (QED) is 0.825. The fourth-order valence-corrected chi connectivity index (χ4v) is 1.81. The SMILES string of the molecule is CCN(CC)c1nc(COC)c(I)c(=O)[nH]1. The predicted molar refractivity (Wildman–Crippen MR) is 71.8 cm³/mol. The van der Waals surface area contributed by atoms with Gasteiger partial charge in [0.25, 0.3) is 5.56 Å². The Morgan fingerprint density at radius 2 is 2.06 bits per heavy atom. The van der Waals surface area contributed by atoms with E-state index in [4.69, 9.17) is 4.74 Å². The first-order valence-corrected chi connectivity index (χ1v) is 6.24. The van der Waals surface area contributed by atoms with Crippen molar-refractivity contribution in [2.75, 3.05) is 25.1 Å². The Bertz CT molecular complexity index is 402. The molecule has 1 N–H and O–H groups in total. The van der Waals surface area contributed by atoms with Crippen LogP contribution in [0.3, 0.4) is 0 Å². The van der Waals surface area contributed by atoms with Crippen molar-refractivity contribution in [3.8, 4) is 0 Å². The number of aromatic amines is 1. The molecule has 1 aromatic rings. The average molecular weight is 337 g/mol. The van der Waals surface area contributed by atoms with Gasteiger partial charge in [0.15, 0.2) is 0 Å². The van der Waals surface area contributed by atoms with Gasteiger partial charge in [-0.3, -0.25) is 9.78 Å². The Hall–Kier alpha value is -0.630. The van der Waals surface area contributed by atoms with Gasteiger partial charge in [0.2, 0.25) is 5.95 Å². The second-order valence-corrected chi connectivity index (χ2v) is 4.33. The van der Waals surface area contributed by atoms with Gasteiger partial charge in [-0.05, 0) is 36.4 Å². The van der Waals surface area contributed by atoms with E-state index < -0.39 is 0 Å². The molecule has 6 heteroatoms. The number of methoxy groups -OCH3 is 1. The summed E-state index contributed by atoms with van der Waals surface area (Å²) < 4.78 is 5.62. The molecule has 0 saturated heterocycles. The molecule has 0 aromatic carbocycles. The molecular formula is C10H16IN3O2. The van der Waals surface area contributed by atoms with Crippen LogP contribution < -0.4 is 10.5 Å². The number of ether oxygens (including phenoxy) is 1. The molecule has 0 spiro atoms. The molecule has 0 unspecified atom stereocenters. The van der Waals surface area contributed by atoms with Gasteiger partial charge in [-0.15, -0.1) is 0 Å². The van der Waals surface area contributed by atoms with Gasteiger partial charge >= 0.3 is 0 Å². The van der Waals surface area contributed by atoms with Crippen LogP contribution in [0.4, 0.5) is 5.95 Å². The molecule has 1 heterocycles. The molecule has 1 rings (SSSR count). The van der Waals surface area contributed by atoms with E-state index in [0.717, 1.165) is 13.1 Å². The molecular weight excluding hydrogens is 321 g/mol. The second kappa shape index (κ2) is 6.19. The van der Waals surface area contributed by atoms with Crippen molar-refractivity contribution in [1.82, 2.24) is 9.97 Å². The van der Waals surface area contributed by atoms with Gasteiger partial charge in [0.1, 0.15) is 3.57 Å². The van der Waals surface area contributed by atoms with E-state index in [1.807, 2.05) is 41.3 Å². The molecule has 5 nitrogen and oxygen atoms in total. The molecule has 0 fully saturated rings. The molecule has 0 aliphatic carbocycles. The molecule has 0 aliphatic rings. The van der Waals surface area contributed by atoms with Gasteiger partial charge in [0.05, 0.1) is 12.3 Å². The summed E-state index contributed by atoms with van der Waals surface area (Å²) in [4.78, 5) is 20.9. The van der Waals surface area contributed by atoms with E-state index in [-0.39, 0.29) is 5.56 Å². The van der Waals surface area contributed by atoms with Gasteiger partial charge in [0, 0.05) is 20.2 Å². The Labute approximate surface area is 108 Å². The minimum Gasteiger partial charge on any atom is -0.378 e. The van der Waals surface area contributed by atoms with Crippen LogP contribution in [0.1, 0.15) is 19.5 Å². The van der Waals surface area contributed by atoms with Crippen molar-refractivity contribution >= 4 is 28.5 Å². The Kier molecular flexibility index (Phi) is 5.20. The highest BCUT2D eigenvalue weighted by molar-refractivity contribution is 14.1. The lowest BCUT2D eigenvalue weighted by molar-refractivity contribution is 0.180. The van der Waals surface area contributed by atoms with Crippen molar-refractivity contribution < 1.29 is 4.74 Å². The number of hydrogen-bond donors (Lipinski definition) is 1. The number of aromatic nitrogens is 2. The fraction of sp³-hybridized carbons (Fsp3) is 0.600. The number of nitrogens with one attached hydrogen (secondary N) is 1. The van der Waals surface area contributed by atoms with E-state index in [1.165, 1.54) is 0 Å². The van der Waals surface area contributed by atoms with Gasteiger partial charge in [-0.25, -0.2) is 4.98 Å². The van der Waals surface area contributed by atoms with Crippen LogP contribution in [0.15, 0.2) is 4.79 Å². The van der Waals surface area contributed by atoms with Crippen LogP contribution in [0.25, 0.3) is 0 Å². The Morgan fingerprint density at radius 1 is 1.44 bits per heavy atom. The predicted octanol–water partition coefficient (Wildman–Crippen LogP) is 1.37. The maximum Gasteiger partial charge on any atom is 0.266 e. The number of hydrogen-bond acceptors (Lipinski definition) is 4. The molecule has 16 heavy (non-hydrogen) atoms. The summed E-state index contributed by atoms with van der Waals surface area (Å²) in [5.41, 5.74) is 0.582. The minimum atomic E-state index is -0.107. The highest BCUT2D eigenvalue weighted by Gasteiger charge is 2.11. The highest BCUT2D eigenvalue weighted by atomic mass is 127. The van der Waals surface area contributed by atoms with Crippen LogP contribution in [-0.4, -0.2) is 30.2 Å². The third-order valence-corrected chi connectivity index (χ3v) is 3.38. The molecule has 90 valence electrons. The zero-order chi connectivity index (χ0) is 12.1. The van der Waals surface area contributed by atoms with Crippen molar-refractivity contribution in [1.29, 1.82) is 0 Å². The van der Waals surface area contributed by atoms with E-state index in [2.05, 4.69) is 9.97 Å². The molecule has 0 saturated carbocycles. The zero-order valence-corrected chi connectivity index (χ0v) is 11.9. The second-order valence-electron chi connectivity index (χ2n) is 3.26. The van der Waals surface area contributed by atoms with Crippen LogP contribution >= 0.6 is 22.6 Å². The summed E-state index contributed by atoms with van der Waals surface area (Å²) in [5, 5.41) is 0. The lowest BCUT2D eigenvalue weighted by atomic mass is 10.4. The molecule has 1 aromatic heterocycles. The number of nitrogens with zero attached hydrogens (tertiary/aromatic N) is 2. The fourth-order valence-electron chi connectivity index (χ4n) is 1.40. The highest BCUT2D eigenvalue weighted by Crippen LogP contribution is 2.10. The van der Waals surface area contributed by atoms with Gasteiger partial charge in [-0.1, -0.05) is 0 Å². The molecule has 0 bridgehead atoms. The van der Waals surface area contributed by atoms with Crippen LogP contribution in [-0.2, 0) is 11.3 Å². The topological polar surface area (TPSA) is 58.2 Å². The van der Waals surface area contributed by atoms with Gasteiger partial charge < -0.3 is 9.64 Å². The third-order valence-electron chi connectivity index (χ3n) is 2.26. The van der Waals surface area contributed by atoms with E-state index >= 15 is 0 Å². The number of anilines is 1. The molecule has 0 aliphatic heterocycles. The van der Waals surface area contributed by atoms with Crippen LogP contribution in [0.5, 0.6) is 0 Å². The van der Waals surface area contributed by atoms with Crippen molar-refractivity contribution in [3.63, 3.8) is 0 Å². The Balaban J connectivity index is 3.17. The molecule has 0 radical (unpaired) electrons.